The summed E-state index contributed by atoms with van der Waals surface area (Å²) in [5, 5.41) is 8.03. The van der Waals surface area contributed by atoms with Gasteiger partial charge in [0.2, 0.25) is 11.8 Å². The molecule has 13 nitrogen and oxygen atoms in total. The molecular formula is C37H34N8O5S. The number of benzene rings is 3. The van der Waals surface area contributed by atoms with Crippen LogP contribution in [-0.2, 0) is 9.59 Å². The van der Waals surface area contributed by atoms with E-state index in [1.54, 1.807) is 12.1 Å². The number of imide groups is 2. The third kappa shape index (κ3) is 6.21. The van der Waals surface area contributed by atoms with Crippen LogP contribution in [-0.4, -0.2) is 84.6 Å². The van der Waals surface area contributed by atoms with Crippen LogP contribution in [0.3, 0.4) is 0 Å². The van der Waals surface area contributed by atoms with Gasteiger partial charge >= 0.3 is 0 Å². The molecule has 51 heavy (non-hydrogen) atoms. The molecule has 0 saturated carbocycles. The summed E-state index contributed by atoms with van der Waals surface area (Å²) < 4.78 is 7.96. The van der Waals surface area contributed by atoms with Crippen LogP contribution in [0, 0.1) is 0 Å². The molecule has 2 aromatic heterocycles. The second kappa shape index (κ2) is 13.6. The lowest BCUT2D eigenvalue weighted by Crippen LogP contribution is -2.54. The number of carbonyl (C=O) groups is 4. The van der Waals surface area contributed by atoms with Crippen LogP contribution in [0.15, 0.2) is 84.0 Å². The lowest BCUT2D eigenvalue weighted by molar-refractivity contribution is -0.136. The first-order valence-corrected chi connectivity index (χ1v) is 17.9. The number of hydrogen-bond donors (Lipinski definition) is 2. The van der Waals surface area contributed by atoms with Crippen molar-refractivity contribution in [2.75, 3.05) is 31.1 Å². The van der Waals surface area contributed by atoms with E-state index < -0.39 is 29.7 Å². The lowest BCUT2D eigenvalue weighted by Gasteiger charge is -2.32. The summed E-state index contributed by atoms with van der Waals surface area (Å²) >= 11 is 1.51. The van der Waals surface area contributed by atoms with Crippen molar-refractivity contribution in [3.63, 3.8) is 0 Å². The van der Waals surface area contributed by atoms with Crippen molar-refractivity contribution in [2.24, 2.45) is 0 Å². The van der Waals surface area contributed by atoms with E-state index in [0.29, 0.717) is 44.5 Å². The molecule has 258 valence electrons. The summed E-state index contributed by atoms with van der Waals surface area (Å²) in [7, 11) is 0. The first kappa shape index (κ1) is 32.6. The van der Waals surface area contributed by atoms with Gasteiger partial charge in [-0.3, -0.25) is 29.4 Å². The highest BCUT2D eigenvalue weighted by atomic mass is 32.2. The molecule has 1 unspecified atom stereocenters. The van der Waals surface area contributed by atoms with Gasteiger partial charge in [0, 0.05) is 35.7 Å². The number of nitrogen functional groups attached to an aromatic ring is 1. The third-order valence-electron chi connectivity index (χ3n) is 9.55. The molecule has 3 aliphatic rings. The Morgan fingerprint density at radius 2 is 1.71 bits per heavy atom. The van der Waals surface area contributed by atoms with E-state index in [9.17, 15) is 19.2 Å². The quantitative estimate of drug-likeness (QED) is 0.162. The Kier molecular flexibility index (Phi) is 8.70. The molecule has 2 saturated heterocycles. The first-order chi connectivity index (χ1) is 24.9. The normalized spacial score (nSPS) is 19.4. The molecule has 2 fully saturated rings. The number of ether oxygens (including phenoxy) is 1. The minimum atomic E-state index is -0.995. The number of fused-ring (bicyclic) bond motifs is 2. The largest absolute Gasteiger partial charge is 0.457 e. The molecule has 3 N–H and O–H groups in total. The van der Waals surface area contributed by atoms with Gasteiger partial charge in [0.05, 0.1) is 22.6 Å². The number of thioether (sulfide) groups is 1. The Morgan fingerprint density at radius 3 is 2.51 bits per heavy atom. The predicted molar refractivity (Wildman–Crippen MR) is 190 cm³/mol. The Hall–Kier alpha value is -5.60. The van der Waals surface area contributed by atoms with E-state index in [0.717, 1.165) is 48.7 Å². The van der Waals surface area contributed by atoms with Crippen LogP contribution in [0.1, 0.15) is 52.4 Å². The second-order valence-electron chi connectivity index (χ2n) is 12.8. The van der Waals surface area contributed by atoms with Crippen molar-refractivity contribution < 1.29 is 23.9 Å². The van der Waals surface area contributed by atoms with Crippen LogP contribution < -0.4 is 15.8 Å². The number of piperidine rings is 2. The number of anilines is 1. The van der Waals surface area contributed by atoms with E-state index >= 15 is 0 Å². The molecule has 0 spiro atoms. The highest BCUT2D eigenvalue weighted by Gasteiger charge is 2.45. The summed E-state index contributed by atoms with van der Waals surface area (Å²) in [6, 6.07) is 21.6. The number of carbonyl (C=O) groups excluding carboxylic acids is 4. The smallest absolute Gasteiger partial charge is 0.263 e. The fraction of sp³-hybridized carbons (Fsp3) is 0.270. The summed E-state index contributed by atoms with van der Waals surface area (Å²) in [4.78, 5) is 63.9. The van der Waals surface area contributed by atoms with Gasteiger partial charge in [-0.25, -0.2) is 14.6 Å². The number of para-hydroxylation sites is 1. The SMILES string of the molecule is Nc1ncnc2c1c(-c1ccc(Oc3ccccc3)cc1)nn2[C@@H]1CCCN(CCSc2cccc3c2C(=O)N(C2CCC(=O)NC2=O)C3=O)C1. The molecule has 3 aromatic carbocycles. The van der Waals surface area contributed by atoms with Crippen LogP contribution in [0.2, 0.25) is 0 Å². The van der Waals surface area contributed by atoms with Gasteiger partial charge in [0.25, 0.3) is 11.8 Å². The van der Waals surface area contributed by atoms with E-state index in [-0.39, 0.29) is 24.4 Å². The molecule has 5 heterocycles. The van der Waals surface area contributed by atoms with Crippen LogP contribution >= 0.6 is 11.8 Å². The fourth-order valence-electron chi connectivity index (χ4n) is 7.08. The Balaban J connectivity index is 0.961. The van der Waals surface area contributed by atoms with Gasteiger partial charge in [0.15, 0.2) is 5.65 Å². The van der Waals surface area contributed by atoms with Crippen LogP contribution in [0.4, 0.5) is 5.82 Å². The van der Waals surface area contributed by atoms with Gasteiger partial charge in [-0.1, -0.05) is 24.3 Å². The third-order valence-corrected chi connectivity index (χ3v) is 10.6. The predicted octanol–water partition coefficient (Wildman–Crippen LogP) is 4.70. The van der Waals surface area contributed by atoms with Gasteiger partial charge in [0.1, 0.15) is 35.4 Å². The zero-order chi connectivity index (χ0) is 35.1. The molecule has 0 aliphatic carbocycles. The van der Waals surface area contributed by atoms with E-state index in [4.69, 9.17) is 15.6 Å². The van der Waals surface area contributed by atoms with Crippen molar-refractivity contribution in [1.29, 1.82) is 0 Å². The Morgan fingerprint density at radius 1 is 0.902 bits per heavy atom. The molecule has 8 rings (SSSR count). The number of hydrogen-bond acceptors (Lipinski definition) is 11. The summed E-state index contributed by atoms with van der Waals surface area (Å²) in [5.41, 5.74) is 9.30. The maximum atomic E-state index is 13.5. The maximum absolute atomic E-state index is 13.5. The fourth-order valence-corrected chi connectivity index (χ4v) is 8.17. The average molecular weight is 703 g/mol. The molecular weight excluding hydrogens is 669 g/mol. The van der Waals surface area contributed by atoms with E-state index in [1.165, 1.54) is 18.1 Å². The number of nitrogens with two attached hydrogens (primary N) is 1. The minimum Gasteiger partial charge on any atom is -0.457 e. The van der Waals surface area contributed by atoms with Gasteiger partial charge in [-0.05, 0) is 74.3 Å². The highest BCUT2D eigenvalue weighted by molar-refractivity contribution is 7.99. The standard InChI is InChI=1S/C37H34N8O5S/c38-33-31-32(22-11-13-25(14-12-22)50-24-7-2-1-3-8-24)42-45(34(31)40-21-39-33)23-6-5-17-43(20-23)18-19-51-28-10-4-9-26-30(28)37(49)44(36(26)48)27-15-16-29(46)41-35(27)47/h1-4,7-14,21,23,27H,5-6,15-20H2,(H2,38,39,40)(H,41,46,47)/t23-,27?/m1/s1. The number of nitrogens with zero attached hydrogens (tertiary/aromatic N) is 6. The van der Waals surface area contributed by atoms with Crippen molar-refractivity contribution in [1.82, 2.24) is 34.9 Å². The van der Waals surface area contributed by atoms with Crippen molar-refractivity contribution >= 4 is 52.2 Å². The Labute approximate surface area is 297 Å². The molecule has 14 heteroatoms. The first-order valence-electron chi connectivity index (χ1n) is 16.9. The zero-order valence-corrected chi connectivity index (χ0v) is 28.3. The summed E-state index contributed by atoms with van der Waals surface area (Å²) in [6.07, 6.45) is 3.56. The number of likely N-dealkylation sites (tertiary alicyclic amines) is 1. The van der Waals surface area contributed by atoms with Gasteiger partial charge < -0.3 is 15.4 Å². The molecule has 0 radical (unpaired) electrons. The van der Waals surface area contributed by atoms with Crippen molar-refractivity contribution in [3.8, 4) is 22.8 Å². The minimum absolute atomic E-state index is 0.0530. The molecule has 4 amide bonds. The second-order valence-corrected chi connectivity index (χ2v) is 13.9. The molecule has 0 bridgehead atoms. The average Bonchev–Trinajstić information content (AvgIpc) is 3.65. The molecule has 2 atom stereocenters. The number of amides is 4. The number of rotatable bonds is 9. The van der Waals surface area contributed by atoms with Crippen molar-refractivity contribution in [3.05, 3.63) is 90.3 Å². The highest BCUT2D eigenvalue weighted by Crippen LogP contribution is 2.37. The maximum Gasteiger partial charge on any atom is 0.263 e. The van der Waals surface area contributed by atoms with Gasteiger partial charge in [-0.15, -0.1) is 11.8 Å². The zero-order valence-electron chi connectivity index (χ0n) is 27.5. The lowest BCUT2D eigenvalue weighted by atomic mass is 10.0. The topological polar surface area (TPSA) is 166 Å². The summed E-state index contributed by atoms with van der Waals surface area (Å²) in [6.45, 7) is 2.41. The van der Waals surface area contributed by atoms with Crippen LogP contribution in [0.25, 0.3) is 22.3 Å². The van der Waals surface area contributed by atoms with Gasteiger partial charge in [-0.2, -0.15) is 5.10 Å². The van der Waals surface area contributed by atoms with E-state index in [1.807, 2.05) is 65.3 Å². The van der Waals surface area contributed by atoms with Crippen molar-refractivity contribution in [2.45, 2.75) is 42.7 Å². The molecule has 3 aliphatic heterocycles. The monoisotopic (exact) mass is 702 g/mol. The summed E-state index contributed by atoms with van der Waals surface area (Å²) in [5.74, 6) is 0.501. The Bertz CT molecular complexity index is 2170. The number of aromatic nitrogens is 4. The number of nitrogens with one attached hydrogen (secondary N) is 1. The van der Waals surface area contributed by atoms with E-state index in [2.05, 4.69) is 20.2 Å². The molecule has 5 aromatic rings. The van der Waals surface area contributed by atoms with Crippen LogP contribution in [0.5, 0.6) is 11.5 Å².